The highest BCUT2D eigenvalue weighted by Gasteiger charge is 2.16. The molecule has 4 rings (SSSR count). The second-order valence-corrected chi connectivity index (χ2v) is 7.13. The summed E-state index contributed by atoms with van der Waals surface area (Å²) < 4.78 is 11.5. The predicted molar refractivity (Wildman–Crippen MR) is 96.3 cm³/mol. The third-order valence-corrected chi connectivity index (χ3v) is 4.97. The van der Waals surface area contributed by atoms with E-state index in [0.717, 1.165) is 46.9 Å². The van der Waals surface area contributed by atoms with Crippen molar-refractivity contribution in [2.45, 2.75) is 25.9 Å². The molecule has 124 valence electrons. The second kappa shape index (κ2) is 6.75. The largest absolute Gasteiger partial charge is 0.491 e. The summed E-state index contributed by atoms with van der Waals surface area (Å²) in [5.41, 5.74) is 0.948. The van der Waals surface area contributed by atoms with E-state index in [-0.39, 0.29) is 6.10 Å². The Balaban J connectivity index is 1.50. The Morgan fingerprint density at radius 1 is 1.33 bits per heavy atom. The van der Waals surface area contributed by atoms with Crippen LogP contribution in [0, 0.1) is 6.92 Å². The SMILES string of the molecule is Cc1cc2c(Nc3cccc(OCC4CCCO4)c3)ncnc2s1. The van der Waals surface area contributed by atoms with Crippen molar-refractivity contribution in [1.29, 1.82) is 0 Å². The first-order valence-electron chi connectivity index (χ1n) is 8.10. The van der Waals surface area contributed by atoms with Crippen molar-refractivity contribution in [3.8, 4) is 5.75 Å². The number of hydrogen-bond donors (Lipinski definition) is 1. The van der Waals surface area contributed by atoms with Crippen LogP contribution in [0.1, 0.15) is 17.7 Å². The molecule has 0 radical (unpaired) electrons. The summed E-state index contributed by atoms with van der Waals surface area (Å²) in [6.07, 6.45) is 4.02. The maximum absolute atomic E-state index is 5.86. The Kier molecular flexibility index (Phi) is 4.32. The molecule has 3 heterocycles. The lowest BCUT2D eigenvalue weighted by molar-refractivity contribution is 0.0680. The van der Waals surface area contributed by atoms with Crippen LogP contribution >= 0.6 is 11.3 Å². The number of aryl methyl sites for hydroxylation is 1. The summed E-state index contributed by atoms with van der Waals surface area (Å²) in [7, 11) is 0. The second-order valence-electron chi connectivity index (χ2n) is 5.90. The molecule has 24 heavy (non-hydrogen) atoms. The van der Waals surface area contributed by atoms with Gasteiger partial charge in [0.2, 0.25) is 0 Å². The number of anilines is 2. The predicted octanol–water partition coefficient (Wildman–Crippen LogP) is 4.30. The van der Waals surface area contributed by atoms with Crippen LogP contribution in [-0.4, -0.2) is 29.3 Å². The van der Waals surface area contributed by atoms with Gasteiger partial charge in [0, 0.05) is 23.2 Å². The lowest BCUT2D eigenvalue weighted by Gasteiger charge is -2.13. The standard InChI is InChI=1S/C18H19N3O2S/c1-12-8-16-17(19-11-20-18(16)24-12)21-13-4-2-5-14(9-13)23-10-15-6-3-7-22-15/h2,4-5,8-9,11,15H,3,6-7,10H2,1H3,(H,19,20,21). The first-order valence-corrected chi connectivity index (χ1v) is 8.92. The summed E-state index contributed by atoms with van der Waals surface area (Å²) in [6.45, 7) is 3.53. The van der Waals surface area contributed by atoms with Gasteiger partial charge in [0.25, 0.3) is 0 Å². The topological polar surface area (TPSA) is 56.3 Å². The van der Waals surface area contributed by atoms with Crippen molar-refractivity contribution >= 4 is 33.1 Å². The number of aromatic nitrogens is 2. The van der Waals surface area contributed by atoms with Crippen LogP contribution in [-0.2, 0) is 4.74 Å². The molecule has 0 amide bonds. The van der Waals surface area contributed by atoms with Gasteiger partial charge in [0.1, 0.15) is 29.3 Å². The zero-order valence-corrected chi connectivity index (χ0v) is 14.3. The summed E-state index contributed by atoms with van der Waals surface area (Å²) in [6, 6.07) is 10.0. The van der Waals surface area contributed by atoms with Crippen LogP contribution < -0.4 is 10.1 Å². The third kappa shape index (κ3) is 3.34. The fourth-order valence-electron chi connectivity index (χ4n) is 2.84. The van der Waals surface area contributed by atoms with Gasteiger partial charge in [-0.05, 0) is 38.0 Å². The van der Waals surface area contributed by atoms with E-state index in [2.05, 4.69) is 28.3 Å². The molecule has 1 N–H and O–H groups in total. The fraction of sp³-hybridized carbons (Fsp3) is 0.333. The lowest BCUT2D eigenvalue weighted by Crippen LogP contribution is -2.16. The van der Waals surface area contributed by atoms with Crippen LogP contribution in [0.3, 0.4) is 0 Å². The molecule has 1 saturated heterocycles. The minimum absolute atomic E-state index is 0.219. The Labute approximate surface area is 144 Å². The van der Waals surface area contributed by atoms with Gasteiger partial charge in [-0.3, -0.25) is 0 Å². The van der Waals surface area contributed by atoms with E-state index < -0.39 is 0 Å². The van der Waals surface area contributed by atoms with Gasteiger partial charge in [-0.2, -0.15) is 0 Å². The Morgan fingerprint density at radius 3 is 3.17 bits per heavy atom. The average molecular weight is 341 g/mol. The molecule has 1 aliphatic rings. The number of hydrogen-bond acceptors (Lipinski definition) is 6. The van der Waals surface area contributed by atoms with Crippen LogP contribution in [0.25, 0.3) is 10.2 Å². The number of nitrogens with zero attached hydrogens (tertiary/aromatic N) is 2. The molecule has 0 saturated carbocycles. The molecule has 6 heteroatoms. The average Bonchev–Trinajstić information content (AvgIpc) is 3.22. The first kappa shape index (κ1) is 15.4. The molecule has 5 nitrogen and oxygen atoms in total. The van der Waals surface area contributed by atoms with Crippen molar-refractivity contribution in [2.24, 2.45) is 0 Å². The molecule has 1 fully saturated rings. The number of fused-ring (bicyclic) bond motifs is 1. The van der Waals surface area contributed by atoms with E-state index >= 15 is 0 Å². The van der Waals surface area contributed by atoms with Crippen molar-refractivity contribution in [3.05, 3.63) is 41.5 Å². The smallest absolute Gasteiger partial charge is 0.142 e. The third-order valence-electron chi connectivity index (χ3n) is 4.01. The van der Waals surface area contributed by atoms with Crippen LogP contribution in [0.5, 0.6) is 5.75 Å². The highest BCUT2D eigenvalue weighted by atomic mass is 32.1. The Hall–Kier alpha value is -2.18. The summed E-state index contributed by atoms with van der Waals surface area (Å²) in [4.78, 5) is 10.9. The number of thiophene rings is 1. The molecule has 3 aromatic rings. The molecule has 1 atom stereocenters. The quantitative estimate of drug-likeness (QED) is 0.750. The van der Waals surface area contributed by atoms with Crippen LogP contribution in [0.4, 0.5) is 11.5 Å². The minimum Gasteiger partial charge on any atom is -0.491 e. The van der Waals surface area contributed by atoms with Gasteiger partial charge in [0.15, 0.2) is 0 Å². The molecular weight excluding hydrogens is 322 g/mol. The van der Waals surface area contributed by atoms with E-state index in [1.165, 1.54) is 4.88 Å². The summed E-state index contributed by atoms with van der Waals surface area (Å²) >= 11 is 1.67. The molecule has 0 spiro atoms. The van der Waals surface area contributed by atoms with Crippen molar-refractivity contribution in [1.82, 2.24) is 9.97 Å². The Bertz CT molecular complexity index is 843. The normalized spacial score (nSPS) is 17.3. The minimum atomic E-state index is 0.219. The van der Waals surface area contributed by atoms with Gasteiger partial charge < -0.3 is 14.8 Å². The Morgan fingerprint density at radius 2 is 2.29 bits per heavy atom. The van der Waals surface area contributed by atoms with E-state index in [1.807, 2.05) is 24.3 Å². The fourth-order valence-corrected chi connectivity index (χ4v) is 3.69. The molecule has 2 aromatic heterocycles. The zero-order valence-electron chi connectivity index (χ0n) is 13.5. The van der Waals surface area contributed by atoms with Crippen LogP contribution in [0.15, 0.2) is 36.7 Å². The molecule has 1 aromatic carbocycles. The highest BCUT2D eigenvalue weighted by molar-refractivity contribution is 7.18. The van der Waals surface area contributed by atoms with Gasteiger partial charge in [-0.25, -0.2) is 9.97 Å². The van der Waals surface area contributed by atoms with Crippen molar-refractivity contribution in [3.63, 3.8) is 0 Å². The van der Waals surface area contributed by atoms with Crippen molar-refractivity contribution < 1.29 is 9.47 Å². The number of benzene rings is 1. The number of ether oxygens (including phenoxy) is 2. The first-order chi connectivity index (χ1) is 11.8. The zero-order chi connectivity index (χ0) is 16.4. The van der Waals surface area contributed by atoms with Gasteiger partial charge in [-0.1, -0.05) is 6.07 Å². The molecule has 0 aliphatic carbocycles. The maximum atomic E-state index is 5.86. The van der Waals surface area contributed by atoms with E-state index in [4.69, 9.17) is 9.47 Å². The molecule has 1 unspecified atom stereocenters. The van der Waals surface area contributed by atoms with Crippen molar-refractivity contribution in [2.75, 3.05) is 18.5 Å². The van der Waals surface area contributed by atoms with Gasteiger partial charge in [-0.15, -0.1) is 11.3 Å². The molecular formula is C18H19N3O2S. The van der Waals surface area contributed by atoms with E-state index in [9.17, 15) is 0 Å². The number of rotatable bonds is 5. The van der Waals surface area contributed by atoms with Gasteiger partial charge in [0.05, 0.1) is 11.5 Å². The molecule has 1 aliphatic heterocycles. The van der Waals surface area contributed by atoms with Crippen LogP contribution in [0.2, 0.25) is 0 Å². The summed E-state index contributed by atoms with van der Waals surface area (Å²) in [5.74, 6) is 1.66. The monoisotopic (exact) mass is 341 g/mol. The van der Waals surface area contributed by atoms with E-state index in [1.54, 1.807) is 17.7 Å². The lowest BCUT2D eigenvalue weighted by atomic mass is 10.2. The number of nitrogens with one attached hydrogen (secondary N) is 1. The van der Waals surface area contributed by atoms with E-state index in [0.29, 0.717) is 6.61 Å². The highest BCUT2D eigenvalue weighted by Crippen LogP contribution is 2.30. The maximum Gasteiger partial charge on any atom is 0.142 e. The summed E-state index contributed by atoms with van der Waals surface area (Å²) in [5, 5.41) is 4.42. The van der Waals surface area contributed by atoms with Gasteiger partial charge >= 0.3 is 0 Å². The molecule has 0 bridgehead atoms.